The zero-order chi connectivity index (χ0) is 15.0. The first-order valence-electron chi connectivity index (χ1n) is 6.74. The number of aromatic amines is 2. The Morgan fingerprint density at radius 3 is 2.29 bits per heavy atom. The summed E-state index contributed by atoms with van der Waals surface area (Å²) in [6.07, 6.45) is 0. The van der Waals surface area contributed by atoms with Gasteiger partial charge in [0.15, 0.2) is 0 Å². The van der Waals surface area contributed by atoms with E-state index in [4.69, 9.17) is 0 Å². The van der Waals surface area contributed by atoms with Crippen molar-refractivity contribution < 1.29 is 0 Å². The number of hydrogen-bond donors (Lipinski definition) is 3. The van der Waals surface area contributed by atoms with Gasteiger partial charge >= 0.3 is 5.69 Å². The molecule has 0 fully saturated rings. The van der Waals surface area contributed by atoms with Crippen LogP contribution in [-0.2, 0) is 6.54 Å². The summed E-state index contributed by atoms with van der Waals surface area (Å²) in [5.74, 6) is 0. The van der Waals surface area contributed by atoms with E-state index in [1.54, 1.807) is 0 Å². The molecule has 108 valence electrons. The van der Waals surface area contributed by atoms with Gasteiger partial charge in [0.05, 0.1) is 16.7 Å². The quantitative estimate of drug-likeness (QED) is 0.675. The molecule has 3 aromatic rings. The third kappa shape index (κ3) is 3.03. The van der Waals surface area contributed by atoms with Crippen LogP contribution in [0.1, 0.15) is 16.7 Å². The second-order valence-electron chi connectivity index (χ2n) is 5.31. The zero-order valence-electron chi connectivity index (χ0n) is 11.9. The monoisotopic (exact) mass is 345 g/mol. The van der Waals surface area contributed by atoms with E-state index >= 15 is 0 Å². The number of hydrogen-bond acceptors (Lipinski definition) is 2. The SMILES string of the molecule is Cc1cc(C)cc(CNc2cc3[nH]c(=O)[nH]c3cc2Br)c1. The Morgan fingerprint density at radius 1 is 1.00 bits per heavy atom. The summed E-state index contributed by atoms with van der Waals surface area (Å²) in [7, 11) is 0. The van der Waals surface area contributed by atoms with E-state index in [-0.39, 0.29) is 5.69 Å². The number of rotatable bonds is 3. The summed E-state index contributed by atoms with van der Waals surface area (Å²) in [5.41, 5.74) is 6.12. The molecule has 2 aromatic carbocycles. The molecule has 0 aliphatic heterocycles. The second-order valence-corrected chi connectivity index (χ2v) is 6.16. The molecule has 0 radical (unpaired) electrons. The molecule has 0 aliphatic rings. The number of aryl methyl sites for hydroxylation is 2. The third-order valence-electron chi connectivity index (χ3n) is 3.37. The van der Waals surface area contributed by atoms with E-state index in [9.17, 15) is 4.79 Å². The van der Waals surface area contributed by atoms with Gasteiger partial charge in [-0.1, -0.05) is 29.3 Å². The van der Waals surface area contributed by atoms with Crippen molar-refractivity contribution in [1.29, 1.82) is 0 Å². The number of H-pyrrole nitrogens is 2. The Bertz CT molecular complexity index is 843. The van der Waals surface area contributed by atoms with Crippen molar-refractivity contribution in [2.75, 3.05) is 5.32 Å². The average Bonchev–Trinajstić information content (AvgIpc) is 2.74. The minimum atomic E-state index is -0.191. The van der Waals surface area contributed by atoms with Crippen LogP contribution >= 0.6 is 15.9 Å². The summed E-state index contributed by atoms with van der Waals surface area (Å²) in [5, 5.41) is 3.40. The van der Waals surface area contributed by atoms with Crippen LogP contribution in [-0.4, -0.2) is 9.97 Å². The van der Waals surface area contributed by atoms with Gasteiger partial charge in [0.2, 0.25) is 0 Å². The highest BCUT2D eigenvalue weighted by Crippen LogP contribution is 2.27. The van der Waals surface area contributed by atoms with Gasteiger partial charge in [-0.2, -0.15) is 0 Å². The summed E-state index contributed by atoms with van der Waals surface area (Å²) < 4.78 is 0.926. The summed E-state index contributed by atoms with van der Waals surface area (Å²) >= 11 is 3.53. The first kappa shape index (κ1) is 13.9. The molecule has 0 bridgehead atoms. The number of benzene rings is 2. The van der Waals surface area contributed by atoms with E-state index < -0.39 is 0 Å². The lowest BCUT2D eigenvalue weighted by Crippen LogP contribution is -2.01. The summed E-state index contributed by atoms with van der Waals surface area (Å²) in [6.45, 7) is 4.94. The van der Waals surface area contributed by atoms with Crippen molar-refractivity contribution in [1.82, 2.24) is 9.97 Å². The first-order valence-corrected chi connectivity index (χ1v) is 7.53. The maximum atomic E-state index is 11.3. The van der Waals surface area contributed by atoms with E-state index in [2.05, 4.69) is 63.3 Å². The fourth-order valence-electron chi connectivity index (χ4n) is 2.56. The largest absolute Gasteiger partial charge is 0.380 e. The first-order chi connectivity index (χ1) is 10.0. The van der Waals surface area contributed by atoms with Crippen LogP contribution in [0.3, 0.4) is 0 Å². The normalized spacial score (nSPS) is 11.0. The molecule has 0 atom stereocenters. The lowest BCUT2D eigenvalue weighted by molar-refractivity contribution is 1.13. The molecule has 5 heteroatoms. The number of aromatic nitrogens is 2. The lowest BCUT2D eigenvalue weighted by atomic mass is 10.1. The minimum absolute atomic E-state index is 0.191. The Balaban J connectivity index is 1.87. The standard InChI is InChI=1S/C16H16BrN3O/c1-9-3-10(2)5-11(4-9)8-18-13-7-15-14(6-12(13)17)19-16(21)20-15/h3-7,18H,8H2,1-2H3,(H2,19,20,21). The van der Waals surface area contributed by atoms with Crippen LogP contribution in [0.4, 0.5) is 5.69 Å². The fourth-order valence-corrected chi connectivity index (χ4v) is 3.04. The third-order valence-corrected chi connectivity index (χ3v) is 4.02. The fraction of sp³-hybridized carbons (Fsp3) is 0.188. The molecular formula is C16H16BrN3O. The molecule has 4 nitrogen and oxygen atoms in total. The molecule has 21 heavy (non-hydrogen) atoms. The Labute approximate surface area is 130 Å². The number of fused-ring (bicyclic) bond motifs is 1. The van der Waals surface area contributed by atoms with Crippen LogP contribution in [0.5, 0.6) is 0 Å². The van der Waals surface area contributed by atoms with Crippen LogP contribution in [0.25, 0.3) is 11.0 Å². The number of halogens is 1. The lowest BCUT2D eigenvalue weighted by Gasteiger charge is -2.10. The van der Waals surface area contributed by atoms with E-state index in [1.165, 1.54) is 16.7 Å². The maximum absolute atomic E-state index is 11.3. The molecular weight excluding hydrogens is 330 g/mol. The highest BCUT2D eigenvalue weighted by atomic mass is 79.9. The second kappa shape index (κ2) is 5.41. The molecule has 0 amide bonds. The molecule has 1 heterocycles. The Morgan fingerprint density at radius 2 is 1.62 bits per heavy atom. The Kier molecular flexibility index (Phi) is 3.59. The van der Waals surface area contributed by atoms with Crippen LogP contribution in [0.2, 0.25) is 0 Å². The van der Waals surface area contributed by atoms with Gasteiger partial charge in [-0.15, -0.1) is 0 Å². The van der Waals surface area contributed by atoms with Crippen LogP contribution in [0.15, 0.2) is 39.6 Å². The Hall–Kier alpha value is -2.01. The molecule has 3 N–H and O–H groups in total. The summed E-state index contributed by atoms with van der Waals surface area (Å²) in [6, 6.07) is 10.3. The van der Waals surface area contributed by atoms with Gasteiger partial charge in [0.1, 0.15) is 0 Å². The van der Waals surface area contributed by atoms with Gasteiger partial charge in [-0.25, -0.2) is 4.79 Å². The van der Waals surface area contributed by atoms with Crippen molar-refractivity contribution in [3.05, 3.63) is 62.0 Å². The molecule has 0 saturated heterocycles. The molecule has 0 unspecified atom stereocenters. The van der Waals surface area contributed by atoms with Crippen molar-refractivity contribution >= 4 is 32.7 Å². The zero-order valence-corrected chi connectivity index (χ0v) is 13.5. The number of anilines is 1. The summed E-state index contributed by atoms with van der Waals surface area (Å²) in [4.78, 5) is 16.8. The molecule has 0 saturated carbocycles. The van der Waals surface area contributed by atoms with E-state index in [1.807, 2.05) is 12.1 Å². The average molecular weight is 346 g/mol. The molecule has 1 aromatic heterocycles. The highest BCUT2D eigenvalue weighted by Gasteiger charge is 2.05. The van der Waals surface area contributed by atoms with E-state index in [0.29, 0.717) is 0 Å². The van der Waals surface area contributed by atoms with Gasteiger partial charge in [0.25, 0.3) is 0 Å². The van der Waals surface area contributed by atoms with Crippen molar-refractivity contribution in [2.45, 2.75) is 20.4 Å². The van der Waals surface area contributed by atoms with Crippen LogP contribution < -0.4 is 11.0 Å². The van der Waals surface area contributed by atoms with Gasteiger partial charge in [0, 0.05) is 11.0 Å². The predicted octanol–water partition coefficient (Wildman–Crippen LogP) is 3.85. The number of imidazole rings is 1. The van der Waals surface area contributed by atoms with Gasteiger partial charge < -0.3 is 15.3 Å². The van der Waals surface area contributed by atoms with Gasteiger partial charge in [-0.3, -0.25) is 0 Å². The van der Waals surface area contributed by atoms with Crippen molar-refractivity contribution in [3.8, 4) is 0 Å². The highest BCUT2D eigenvalue weighted by molar-refractivity contribution is 9.10. The molecule has 3 rings (SSSR count). The van der Waals surface area contributed by atoms with Gasteiger partial charge in [-0.05, 0) is 47.5 Å². The van der Waals surface area contributed by atoms with Crippen LogP contribution in [0, 0.1) is 13.8 Å². The smallest absolute Gasteiger partial charge is 0.323 e. The van der Waals surface area contributed by atoms with Crippen molar-refractivity contribution in [2.24, 2.45) is 0 Å². The molecule has 0 aliphatic carbocycles. The van der Waals surface area contributed by atoms with Crippen molar-refractivity contribution in [3.63, 3.8) is 0 Å². The maximum Gasteiger partial charge on any atom is 0.323 e. The topological polar surface area (TPSA) is 60.7 Å². The number of nitrogens with one attached hydrogen (secondary N) is 3. The minimum Gasteiger partial charge on any atom is -0.380 e. The molecule has 0 spiro atoms. The predicted molar refractivity (Wildman–Crippen MR) is 89.9 cm³/mol. The van der Waals surface area contributed by atoms with E-state index in [0.717, 1.165) is 27.7 Å².